The first-order valence-corrected chi connectivity index (χ1v) is 9.44. The van der Waals surface area contributed by atoms with Crippen LogP contribution in [-0.4, -0.2) is 35.8 Å². The van der Waals surface area contributed by atoms with Gasteiger partial charge in [-0.1, -0.05) is 31.4 Å². The van der Waals surface area contributed by atoms with Gasteiger partial charge in [-0.15, -0.1) is 0 Å². The highest BCUT2D eigenvalue weighted by Crippen LogP contribution is 2.21. The van der Waals surface area contributed by atoms with Crippen LogP contribution in [0.2, 0.25) is 0 Å². The van der Waals surface area contributed by atoms with Gasteiger partial charge < -0.3 is 10.2 Å². The number of amides is 2. The summed E-state index contributed by atoms with van der Waals surface area (Å²) < 4.78 is 13.2. The van der Waals surface area contributed by atoms with E-state index >= 15 is 0 Å². The molecule has 0 bridgehead atoms. The van der Waals surface area contributed by atoms with E-state index < -0.39 is 0 Å². The second-order valence-electron chi connectivity index (χ2n) is 7.31. The lowest BCUT2D eigenvalue weighted by Crippen LogP contribution is -2.46. The number of piperidine rings is 1. The molecule has 0 spiro atoms. The number of rotatable bonds is 4. The van der Waals surface area contributed by atoms with Crippen molar-refractivity contribution >= 4 is 11.8 Å². The number of likely N-dealkylation sites (tertiary alicyclic amines) is 1. The molecule has 25 heavy (non-hydrogen) atoms. The quantitative estimate of drug-likeness (QED) is 0.911. The predicted molar refractivity (Wildman–Crippen MR) is 94.4 cm³/mol. The van der Waals surface area contributed by atoms with Crippen molar-refractivity contribution in [1.29, 1.82) is 0 Å². The van der Waals surface area contributed by atoms with Crippen LogP contribution in [-0.2, 0) is 16.0 Å². The molecule has 1 aromatic rings. The van der Waals surface area contributed by atoms with Crippen molar-refractivity contribution in [2.24, 2.45) is 5.92 Å². The van der Waals surface area contributed by atoms with Gasteiger partial charge in [-0.3, -0.25) is 9.59 Å². The van der Waals surface area contributed by atoms with Crippen molar-refractivity contribution in [3.63, 3.8) is 0 Å². The summed E-state index contributed by atoms with van der Waals surface area (Å²) in [5.74, 6) is -0.135. The predicted octanol–water partition coefficient (Wildman–Crippen LogP) is 3.06. The molecule has 1 aliphatic carbocycles. The number of halogens is 1. The summed E-state index contributed by atoms with van der Waals surface area (Å²) in [5, 5.41) is 3.19. The van der Waals surface area contributed by atoms with Gasteiger partial charge in [-0.2, -0.15) is 0 Å². The smallest absolute Gasteiger partial charge is 0.226 e. The van der Waals surface area contributed by atoms with Crippen LogP contribution in [0.25, 0.3) is 0 Å². The maximum absolute atomic E-state index is 13.2. The first-order chi connectivity index (χ1) is 12.1. The summed E-state index contributed by atoms with van der Waals surface area (Å²) in [5.41, 5.74) is 0.696. The number of carbonyl (C=O) groups excluding carboxylic acids is 2. The minimum absolute atomic E-state index is 0.0109. The van der Waals surface area contributed by atoms with Crippen LogP contribution in [0.5, 0.6) is 0 Å². The molecule has 1 saturated carbocycles. The average molecular weight is 346 g/mol. The van der Waals surface area contributed by atoms with Crippen molar-refractivity contribution in [2.45, 2.75) is 57.4 Å². The maximum atomic E-state index is 13.2. The van der Waals surface area contributed by atoms with Crippen LogP contribution in [0.4, 0.5) is 4.39 Å². The zero-order valence-corrected chi connectivity index (χ0v) is 14.7. The molecule has 1 aromatic carbocycles. The van der Waals surface area contributed by atoms with E-state index in [4.69, 9.17) is 0 Å². The number of hydrogen-bond donors (Lipinski definition) is 1. The molecule has 0 atom stereocenters. The van der Waals surface area contributed by atoms with Crippen LogP contribution in [0.3, 0.4) is 0 Å². The Morgan fingerprint density at radius 3 is 2.48 bits per heavy atom. The first-order valence-electron chi connectivity index (χ1n) is 9.44. The molecule has 1 saturated heterocycles. The molecule has 0 radical (unpaired) electrons. The fourth-order valence-corrected chi connectivity index (χ4v) is 3.89. The van der Waals surface area contributed by atoms with Gasteiger partial charge in [-0.25, -0.2) is 4.39 Å². The Balaban J connectivity index is 1.44. The van der Waals surface area contributed by atoms with E-state index in [1.54, 1.807) is 17.0 Å². The number of carbonyl (C=O) groups is 2. The summed E-state index contributed by atoms with van der Waals surface area (Å²) in [4.78, 5) is 26.6. The second kappa shape index (κ2) is 8.45. The number of nitrogens with one attached hydrogen (secondary N) is 1. The standard InChI is InChI=1S/C20H27FN2O2/c21-17-6-4-5-15(13-17)14-19(24)23-11-9-16(10-12-23)20(25)22-18-7-2-1-3-8-18/h4-6,13,16,18H,1-3,7-12,14H2,(H,22,25). The van der Waals surface area contributed by atoms with Crippen molar-refractivity contribution in [1.82, 2.24) is 10.2 Å². The summed E-state index contributed by atoms with van der Waals surface area (Å²) in [6.07, 6.45) is 7.53. The van der Waals surface area contributed by atoms with Crippen LogP contribution >= 0.6 is 0 Å². The maximum Gasteiger partial charge on any atom is 0.226 e. The summed E-state index contributed by atoms with van der Waals surface area (Å²) in [6, 6.07) is 6.52. The topological polar surface area (TPSA) is 49.4 Å². The third-order valence-electron chi connectivity index (χ3n) is 5.41. The van der Waals surface area contributed by atoms with Crippen molar-refractivity contribution in [2.75, 3.05) is 13.1 Å². The van der Waals surface area contributed by atoms with Crippen LogP contribution in [0, 0.1) is 11.7 Å². The lowest BCUT2D eigenvalue weighted by molar-refractivity contribution is -0.135. The Kier molecular flexibility index (Phi) is 6.05. The third-order valence-corrected chi connectivity index (χ3v) is 5.41. The Hall–Kier alpha value is -1.91. The van der Waals surface area contributed by atoms with Gasteiger partial charge in [0.2, 0.25) is 11.8 Å². The molecule has 136 valence electrons. The van der Waals surface area contributed by atoms with E-state index in [1.165, 1.54) is 31.4 Å². The fraction of sp³-hybridized carbons (Fsp3) is 0.600. The molecule has 4 nitrogen and oxygen atoms in total. The SMILES string of the molecule is O=C(NC1CCCCC1)C1CCN(C(=O)Cc2cccc(F)c2)CC1. The fourth-order valence-electron chi connectivity index (χ4n) is 3.89. The monoisotopic (exact) mass is 346 g/mol. The van der Waals surface area contributed by atoms with Gasteiger partial charge in [0, 0.05) is 25.0 Å². The molecule has 3 rings (SSSR count). The van der Waals surface area contributed by atoms with Gasteiger partial charge in [0.25, 0.3) is 0 Å². The van der Waals surface area contributed by atoms with E-state index in [0.717, 1.165) is 12.8 Å². The third kappa shape index (κ3) is 5.03. The second-order valence-corrected chi connectivity index (χ2v) is 7.31. The molecule has 2 aliphatic rings. The minimum Gasteiger partial charge on any atom is -0.353 e. The lowest BCUT2D eigenvalue weighted by atomic mass is 9.92. The zero-order chi connectivity index (χ0) is 17.6. The highest BCUT2D eigenvalue weighted by molar-refractivity contribution is 5.81. The number of hydrogen-bond acceptors (Lipinski definition) is 2. The summed E-state index contributed by atoms with van der Waals surface area (Å²) >= 11 is 0. The molecular formula is C20H27FN2O2. The molecule has 2 amide bonds. The lowest BCUT2D eigenvalue weighted by Gasteiger charge is -2.33. The van der Waals surface area contributed by atoms with Crippen LogP contribution in [0.15, 0.2) is 24.3 Å². The van der Waals surface area contributed by atoms with Crippen molar-refractivity contribution in [3.8, 4) is 0 Å². The Morgan fingerprint density at radius 2 is 1.80 bits per heavy atom. The molecule has 0 unspecified atom stereocenters. The molecule has 1 N–H and O–H groups in total. The van der Waals surface area contributed by atoms with E-state index in [-0.39, 0.29) is 30.0 Å². The molecule has 1 heterocycles. The largest absolute Gasteiger partial charge is 0.353 e. The highest BCUT2D eigenvalue weighted by atomic mass is 19.1. The zero-order valence-electron chi connectivity index (χ0n) is 14.7. The Morgan fingerprint density at radius 1 is 1.08 bits per heavy atom. The minimum atomic E-state index is -0.316. The Labute approximate surface area is 148 Å². The first kappa shape index (κ1) is 17.9. The molecule has 0 aromatic heterocycles. The number of nitrogens with zero attached hydrogens (tertiary/aromatic N) is 1. The van der Waals surface area contributed by atoms with E-state index in [9.17, 15) is 14.0 Å². The van der Waals surface area contributed by atoms with Crippen LogP contribution < -0.4 is 5.32 Å². The van der Waals surface area contributed by atoms with Crippen molar-refractivity contribution in [3.05, 3.63) is 35.6 Å². The van der Waals surface area contributed by atoms with Gasteiger partial charge in [0.05, 0.1) is 6.42 Å². The molecule has 2 fully saturated rings. The van der Waals surface area contributed by atoms with Gasteiger partial charge >= 0.3 is 0 Å². The highest BCUT2D eigenvalue weighted by Gasteiger charge is 2.28. The summed E-state index contributed by atoms with van der Waals surface area (Å²) in [7, 11) is 0. The summed E-state index contributed by atoms with van der Waals surface area (Å²) in [6.45, 7) is 1.22. The van der Waals surface area contributed by atoms with E-state index in [1.807, 2.05) is 0 Å². The van der Waals surface area contributed by atoms with Crippen LogP contribution in [0.1, 0.15) is 50.5 Å². The van der Waals surface area contributed by atoms with Gasteiger partial charge in [-0.05, 0) is 43.4 Å². The van der Waals surface area contributed by atoms with Gasteiger partial charge in [0.15, 0.2) is 0 Å². The van der Waals surface area contributed by atoms with E-state index in [0.29, 0.717) is 37.5 Å². The van der Waals surface area contributed by atoms with Gasteiger partial charge in [0.1, 0.15) is 5.82 Å². The molecular weight excluding hydrogens is 319 g/mol. The number of benzene rings is 1. The Bertz CT molecular complexity index is 605. The normalized spacial score (nSPS) is 19.6. The molecule has 1 aliphatic heterocycles. The van der Waals surface area contributed by atoms with E-state index in [2.05, 4.69) is 5.32 Å². The molecule has 5 heteroatoms. The average Bonchev–Trinajstić information content (AvgIpc) is 2.62. The van der Waals surface area contributed by atoms with Crippen molar-refractivity contribution < 1.29 is 14.0 Å².